The Bertz CT molecular complexity index is 372. The smallest absolute Gasteiger partial charge is 0.395 e. The number of alkyl halides is 3. The zero-order valence-electron chi connectivity index (χ0n) is 9.61. The fraction of sp³-hybridized carbons (Fsp3) is 0.500. The van der Waals surface area contributed by atoms with Gasteiger partial charge in [0.25, 0.3) is 0 Å². The van der Waals surface area contributed by atoms with Crippen LogP contribution in [0.25, 0.3) is 0 Å². The Balaban J connectivity index is 2.76. The Morgan fingerprint density at radius 2 is 2.17 bits per heavy atom. The number of nitrogen functional groups attached to an aromatic ring is 1. The number of aliphatic hydroxyl groups is 1. The molecule has 102 valence electrons. The summed E-state index contributed by atoms with van der Waals surface area (Å²) in [5.74, 6) is 5.55. The van der Waals surface area contributed by atoms with Crippen molar-refractivity contribution in [1.29, 1.82) is 0 Å². The minimum atomic E-state index is -4.31. The molecule has 0 atom stereocenters. The Morgan fingerprint density at radius 1 is 1.44 bits per heavy atom. The summed E-state index contributed by atoms with van der Waals surface area (Å²) in [6, 6.07) is 3.24. The summed E-state index contributed by atoms with van der Waals surface area (Å²) in [6.07, 6.45) is -2.83. The van der Waals surface area contributed by atoms with Crippen LogP contribution in [0.15, 0.2) is 18.3 Å². The van der Waals surface area contributed by atoms with Crippen LogP contribution in [-0.2, 0) is 6.54 Å². The molecule has 0 amide bonds. The van der Waals surface area contributed by atoms with Gasteiger partial charge in [-0.3, -0.25) is 4.90 Å². The fourth-order valence-corrected chi connectivity index (χ4v) is 1.55. The molecular weight excluding hydrogens is 249 g/mol. The molecule has 0 saturated carbocycles. The molecule has 0 aliphatic heterocycles. The van der Waals surface area contributed by atoms with Gasteiger partial charge in [0.1, 0.15) is 5.82 Å². The molecule has 1 aromatic rings. The first-order valence-electron chi connectivity index (χ1n) is 5.26. The van der Waals surface area contributed by atoms with Crippen LogP contribution in [0.3, 0.4) is 0 Å². The summed E-state index contributed by atoms with van der Waals surface area (Å²) in [5, 5.41) is 8.77. The van der Waals surface area contributed by atoms with Crippen LogP contribution in [0, 0.1) is 0 Å². The third kappa shape index (κ3) is 4.86. The molecule has 0 radical (unpaired) electrons. The fourth-order valence-electron chi connectivity index (χ4n) is 1.55. The molecule has 8 heteroatoms. The predicted octanol–water partition coefficient (Wildman–Crippen LogP) is 0.724. The van der Waals surface area contributed by atoms with Crippen LogP contribution >= 0.6 is 0 Å². The molecule has 4 N–H and O–H groups in total. The second-order valence-electron chi connectivity index (χ2n) is 3.70. The van der Waals surface area contributed by atoms with Crippen molar-refractivity contribution in [2.45, 2.75) is 12.7 Å². The molecule has 0 saturated heterocycles. The largest absolute Gasteiger partial charge is 0.401 e. The number of hydrogen-bond acceptors (Lipinski definition) is 5. The molecule has 1 heterocycles. The molecule has 0 bridgehead atoms. The lowest BCUT2D eigenvalue weighted by Gasteiger charge is -2.23. The quantitative estimate of drug-likeness (QED) is 0.521. The predicted molar refractivity (Wildman–Crippen MR) is 60.5 cm³/mol. The zero-order chi connectivity index (χ0) is 13.6. The van der Waals surface area contributed by atoms with E-state index in [1.54, 1.807) is 12.1 Å². The van der Waals surface area contributed by atoms with Crippen LogP contribution < -0.4 is 11.3 Å². The van der Waals surface area contributed by atoms with Crippen LogP contribution in [0.2, 0.25) is 0 Å². The molecular formula is C10H15F3N4O. The SMILES string of the molecule is NNc1ncccc1CN(CCO)CC(F)(F)F. The summed E-state index contributed by atoms with van der Waals surface area (Å²) in [7, 11) is 0. The van der Waals surface area contributed by atoms with Crippen molar-refractivity contribution in [2.75, 3.05) is 25.1 Å². The van der Waals surface area contributed by atoms with E-state index in [-0.39, 0.29) is 19.7 Å². The number of pyridine rings is 1. The first-order chi connectivity index (χ1) is 8.46. The van der Waals surface area contributed by atoms with E-state index in [1.165, 1.54) is 6.20 Å². The molecule has 0 aromatic carbocycles. The Hall–Kier alpha value is -1.38. The molecule has 0 aliphatic rings. The summed E-state index contributed by atoms with van der Waals surface area (Å²) in [4.78, 5) is 4.98. The average molecular weight is 264 g/mol. The van der Waals surface area contributed by atoms with E-state index in [9.17, 15) is 13.2 Å². The topological polar surface area (TPSA) is 74.4 Å². The van der Waals surface area contributed by atoms with E-state index in [1.807, 2.05) is 0 Å². The highest BCUT2D eigenvalue weighted by molar-refractivity contribution is 5.42. The number of anilines is 1. The van der Waals surface area contributed by atoms with Crippen molar-refractivity contribution >= 4 is 5.82 Å². The Morgan fingerprint density at radius 3 is 2.72 bits per heavy atom. The second-order valence-corrected chi connectivity index (χ2v) is 3.70. The number of nitrogens with zero attached hydrogens (tertiary/aromatic N) is 2. The maximum absolute atomic E-state index is 12.3. The van der Waals surface area contributed by atoms with Gasteiger partial charge in [-0.2, -0.15) is 13.2 Å². The van der Waals surface area contributed by atoms with Crippen LogP contribution in [0.5, 0.6) is 0 Å². The number of rotatable bonds is 6. The van der Waals surface area contributed by atoms with Crippen molar-refractivity contribution < 1.29 is 18.3 Å². The van der Waals surface area contributed by atoms with Crippen molar-refractivity contribution in [1.82, 2.24) is 9.88 Å². The molecule has 0 spiro atoms. The maximum atomic E-state index is 12.3. The van der Waals surface area contributed by atoms with Gasteiger partial charge >= 0.3 is 6.18 Å². The second kappa shape index (κ2) is 6.53. The third-order valence-electron chi connectivity index (χ3n) is 2.24. The Kier molecular flexibility index (Phi) is 5.32. The van der Waals surface area contributed by atoms with Crippen molar-refractivity contribution in [3.63, 3.8) is 0 Å². The molecule has 0 aliphatic carbocycles. The number of hydrazine groups is 1. The standard InChI is InChI=1S/C10H15F3N4O/c11-10(12,13)7-17(4-5-18)6-8-2-1-3-15-9(8)16-14/h1-3,18H,4-7,14H2,(H,15,16). The number of nitrogens with two attached hydrogens (primary N) is 1. The van der Waals surface area contributed by atoms with E-state index < -0.39 is 12.7 Å². The first kappa shape index (κ1) is 14.7. The summed E-state index contributed by atoms with van der Waals surface area (Å²) in [5.41, 5.74) is 2.86. The van der Waals surface area contributed by atoms with Gasteiger partial charge in [0.15, 0.2) is 0 Å². The van der Waals surface area contributed by atoms with Crippen molar-refractivity contribution in [2.24, 2.45) is 5.84 Å². The van der Waals surface area contributed by atoms with E-state index in [0.29, 0.717) is 11.4 Å². The molecule has 18 heavy (non-hydrogen) atoms. The zero-order valence-corrected chi connectivity index (χ0v) is 9.61. The average Bonchev–Trinajstić information content (AvgIpc) is 2.28. The molecule has 1 rings (SSSR count). The summed E-state index contributed by atoms with van der Waals surface area (Å²) < 4.78 is 37.0. The lowest BCUT2D eigenvalue weighted by Crippen LogP contribution is -2.36. The van der Waals surface area contributed by atoms with Gasteiger partial charge in [-0.1, -0.05) is 6.07 Å². The summed E-state index contributed by atoms with van der Waals surface area (Å²) in [6.45, 7) is -1.50. The van der Waals surface area contributed by atoms with E-state index in [0.717, 1.165) is 4.90 Å². The first-order valence-corrected chi connectivity index (χ1v) is 5.26. The summed E-state index contributed by atoms with van der Waals surface area (Å²) >= 11 is 0. The van der Waals surface area contributed by atoms with E-state index >= 15 is 0 Å². The number of aliphatic hydroxyl groups excluding tert-OH is 1. The number of hydrogen-bond donors (Lipinski definition) is 3. The molecule has 0 fully saturated rings. The van der Waals surface area contributed by atoms with Gasteiger partial charge in [-0.25, -0.2) is 10.8 Å². The molecule has 0 unspecified atom stereocenters. The minimum absolute atomic E-state index is 0.00738. The van der Waals surface area contributed by atoms with Crippen LogP contribution in [-0.4, -0.2) is 40.9 Å². The van der Waals surface area contributed by atoms with Crippen molar-refractivity contribution in [3.05, 3.63) is 23.9 Å². The van der Waals surface area contributed by atoms with E-state index in [2.05, 4.69) is 10.4 Å². The van der Waals surface area contributed by atoms with Gasteiger partial charge in [0.05, 0.1) is 13.2 Å². The maximum Gasteiger partial charge on any atom is 0.401 e. The van der Waals surface area contributed by atoms with Crippen LogP contribution in [0.4, 0.5) is 19.0 Å². The van der Waals surface area contributed by atoms with Gasteiger partial charge in [0.2, 0.25) is 0 Å². The number of aromatic nitrogens is 1. The highest BCUT2D eigenvalue weighted by atomic mass is 19.4. The van der Waals surface area contributed by atoms with Gasteiger partial charge < -0.3 is 10.5 Å². The molecule has 5 nitrogen and oxygen atoms in total. The Labute approximate surface area is 102 Å². The minimum Gasteiger partial charge on any atom is -0.395 e. The van der Waals surface area contributed by atoms with E-state index in [4.69, 9.17) is 10.9 Å². The lowest BCUT2D eigenvalue weighted by molar-refractivity contribution is -0.147. The van der Waals surface area contributed by atoms with Gasteiger partial charge in [-0.15, -0.1) is 0 Å². The van der Waals surface area contributed by atoms with Gasteiger partial charge in [-0.05, 0) is 6.07 Å². The number of nitrogens with one attached hydrogen (secondary N) is 1. The lowest BCUT2D eigenvalue weighted by atomic mass is 10.2. The third-order valence-corrected chi connectivity index (χ3v) is 2.24. The normalized spacial score (nSPS) is 11.9. The molecule has 1 aromatic heterocycles. The van der Waals surface area contributed by atoms with Crippen molar-refractivity contribution in [3.8, 4) is 0 Å². The monoisotopic (exact) mass is 264 g/mol. The highest BCUT2D eigenvalue weighted by Gasteiger charge is 2.30. The number of halogens is 3. The highest BCUT2D eigenvalue weighted by Crippen LogP contribution is 2.19. The van der Waals surface area contributed by atoms with Gasteiger partial charge in [0, 0.05) is 24.8 Å². The van der Waals surface area contributed by atoms with Crippen LogP contribution in [0.1, 0.15) is 5.56 Å².